The summed E-state index contributed by atoms with van der Waals surface area (Å²) in [6.45, 7) is 2.19. The number of benzene rings is 1. The predicted molar refractivity (Wildman–Crippen MR) is 78.7 cm³/mol. The van der Waals surface area contributed by atoms with Crippen LogP contribution in [-0.2, 0) is 0 Å². The van der Waals surface area contributed by atoms with Crippen LogP contribution in [0.4, 0.5) is 5.69 Å². The van der Waals surface area contributed by atoms with Gasteiger partial charge in [-0.05, 0) is 43.7 Å². The first-order valence-electron chi connectivity index (χ1n) is 6.38. The van der Waals surface area contributed by atoms with Crippen LogP contribution in [0.25, 0.3) is 11.3 Å². The van der Waals surface area contributed by atoms with Gasteiger partial charge in [0, 0.05) is 23.8 Å². The zero-order chi connectivity index (χ0) is 12.2. The molecule has 1 aliphatic rings. The van der Waals surface area contributed by atoms with E-state index in [1.807, 2.05) is 0 Å². The zero-order valence-corrected chi connectivity index (χ0v) is 11.5. The van der Waals surface area contributed by atoms with E-state index in [2.05, 4.69) is 39.9 Å². The SMILES string of the molecule is Cl.c1ncc(-c2ccc(NC3CCCNC3)cc2)o1. The van der Waals surface area contributed by atoms with E-state index in [1.165, 1.54) is 19.2 Å². The molecular weight excluding hydrogens is 262 g/mol. The average Bonchev–Trinajstić information content (AvgIpc) is 2.95. The van der Waals surface area contributed by atoms with Crippen molar-refractivity contribution in [1.29, 1.82) is 0 Å². The first kappa shape index (κ1) is 13.9. The third-order valence-corrected chi connectivity index (χ3v) is 3.27. The van der Waals surface area contributed by atoms with Crippen LogP contribution in [0.3, 0.4) is 0 Å². The van der Waals surface area contributed by atoms with Crippen molar-refractivity contribution in [1.82, 2.24) is 10.3 Å². The molecule has 2 aromatic rings. The van der Waals surface area contributed by atoms with Crippen molar-refractivity contribution >= 4 is 18.1 Å². The molecule has 1 unspecified atom stereocenters. The van der Waals surface area contributed by atoms with E-state index >= 15 is 0 Å². The molecule has 0 radical (unpaired) electrons. The molecule has 1 aromatic carbocycles. The Balaban J connectivity index is 0.00000133. The minimum Gasteiger partial charge on any atom is -0.444 e. The number of oxazole rings is 1. The lowest BCUT2D eigenvalue weighted by molar-refractivity contribution is 0.480. The summed E-state index contributed by atoms with van der Waals surface area (Å²) >= 11 is 0. The van der Waals surface area contributed by atoms with Crippen molar-refractivity contribution in [3.8, 4) is 11.3 Å². The van der Waals surface area contributed by atoms with Crippen LogP contribution in [0, 0.1) is 0 Å². The fourth-order valence-electron chi connectivity index (χ4n) is 2.30. The molecule has 1 aromatic heterocycles. The van der Waals surface area contributed by atoms with E-state index in [4.69, 9.17) is 4.42 Å². The van der Waals surface area contributed by atoms with Gasteiger partial charge in [0.05, 0.1) is 6.20 Å². The maximum Gasteiger partial charge on any atom is 0.181 e. The second-order valence-electron chi connectivity index (χ2n) is 4.63. The number of rotatable bonds is 3. The smallest absolute Gasteiger partial charge is 0.181 e. The van der Waals surface area contributed by atoms with Gasteiger partial charge in [0.2, 0.25) is 0 Å². The van der Waals surface area contributed by atoms with E-state index < -0.39 is 0 Å². The number of hydrogen-bond acceptors (Lipinski definition) is 4. The molecule has 2 N–H and O–H groups in total. The highest BCUT2D eigenvalue weighted by Gasteiger charge is 2.12. The number of piperidine rings is 1. The second kappa shape index (κ2) is 6.59. The maximum absolute atomic E-state index is 5.27. The highest BCUT2D eigenvalue weighted by atomic mass is 35.5. The second-order valence-corrected chi connectivity index (χ2v) is 4.63. The molecule has 4 nitrogen and oxygen atoms in total. The summed E-state index contributed by atoms with van der Waals surface area (Å²) in [6, 6.07) is 8.83. The van der Waals surface area contributed by atoms with E-state index in [9.17, 15) is 0 Å². The number of nitrogens with zero attached hydrogens (tertiary/aromatic N) is 1. The molecular formula is C14H18ClN3O. The number of anilines is 1. The van der Waals surface area contributed by atoms with Crippen LogP contribution >= 0.6 is 12.4 Å². The molecule has 1 fully saturated rings. The van der Waals surface area contributed by atoms with Crippen molar-refractivity contribution in [2.24, 2.45) is 0 Å². The van der Waals surface area contributed by atoms with Crippen molar-refractivity contribution in [2.75, 3.05) is 18.4 Å². The van der Waals surface area contributed by atoms with Crippen LogP contribution in [-0.4, -0.2) is 24.1 Å². The summed E-state index contributed by atoms with van der Waals surface area (Å²) in [5.41, 5.74) is 2.21. The Morgan fingerprint density at radius 2 is 2.11 bits per heavy atom. The molecule has 0 bridgehead atoms. The van der Waals surface area contributed by atoms with Crippen LogP contribution in [0.1, 0.15) is 12.8 Å². The third-order valence-electron chi connectivity index (χ3n) is 3.27. The first-order valence-corrected chi connectivity index (χ1v) is 6.38. The molecule has 3 rings (SSSR count). The highest BCUT2D eigenvalue weighted by molar-refractivity contribution is 5.85. The molecule has 5 heteroatoms. The highest BCUT2D eigenvalue weighted by Crippen LogP contribution is 2.21. The van der Waals surface area contributed by atoms with Crippen molar-refractivity contribution in [3.05, 3.63) is 36.9 Å². The molecule has 0 aliphatic carbocycles. The Kier molecular flexibility index (Phi) is 4.82. The quantitative estimate of drug-likeness (QED) is 0.907. The van der Waals surface area contributed by atoms with Gasteiger partial charge < -0.3 is 15.1 Å². The summed E-state index contributed by atoms with van der Waals surface area (Å²) in [5.74, 6) is 0.806. The Labute approximate surface area is 119 Å². The van der Waals surface area contributed by atoms with E-state index in [0.29, 0.717) is 6.04 Å². The lowest BCUT2D eigenvalue weighted by Crippen LogP contribution is -2.38. The summed E-state index contributed by atoms with van der Waals surface area (Å²) < 4.78 is 5.27. The third kappa shape index (κ3) is 3.49. The minimum absolute atomic E-state index is 0. The summed E-state index contributed by atoms with van der Waals surface area (Å²) in [7, 11) is 0. The molecule has 1 saturated heterocycles. The van der Waals surface area contributed by atoms with Crippen LogP contribution in [0.15, 0.2) is 41.3 Å². The van der Waals surface area contributed by atoms with Crippen LogP contribution in [0.2, 0.25) is 0 Å². The molecule has 1 aliphatic heterocycles. The Morgan fingerprint density at radius 1 is 1.26 bits per heavy atom. The normalized spacial score (nSPS) is 18.6. The van der Waals surface area contributed by atoms with Crippen LogP contribution < -0.4 is 10.6 Å². The lowest BCUT2D eigenvalue weighted by atomic mass is 10.1. The largest absolute Gasteiger partial charge is 0.444 e. The van der Waals surface area contributed by atoms with Crippen LogP contribution in [0.5, 0.6) is 0 Å². The molecule has 1 atom stereocenters. The van der Waals surface area contributed by atoms with Gasteiger partial charge in [0.25, 0.3) is 0 Å². The van der Waals surface area contributed by atoms with E-state index in [0.717, 1.165) is 30.1 Å². The van der Waals surface area contributed by atoms with E-state index in [1.54, 1.807) is 6.20 Å². The summed E-state index contributed by atoms with van der Waals surface area (Å²) in [6.07, 6.45) is 5.66. The lowest BCUT2D eigenvalue weighted by Gasteiger charge is -2.24. The molecule has 102 valence electrons. The number of hydrogen-bond donors (Lipinski definition) is 2. The molecule has 0 spiro atoms. The van der Waals surface area contributed by atoms with Crippen molar-refractivity contribution in [2.45, 2.75) is 18.9 Å². The molecule has 2 heterocycles. The van der Waals surface area contributed by atoms with Gasteiger partial charge in [-0.25, -0.2) is 4.98 Å². The number of nitrogens with one attached hydrogen (secondary N) is 2. The number of aromatic nitrogens is 1. The Bertz CT molecular complexity index is 478. The monoisotopic (exact) mass is 279 g/mol. The van der Waals surface area contributed by atoms with Crippen molar-refractivity contribution < 1.29 is 4.42 Å². The molecule has 0 saturated carbocycles. The van der Waals surface area contributed by atoms with Gasteiger partial charge >= 0.3 is 0 Å². The van der Waals surface area contributed by atoms with E-state index in [-0.39, 0.29) is 12.4 Å². The fourth-order valence-corrected chi connectivity index (χ4v) is 2.30. The molecule has 19 heavy (non-hydrogen) atoms. The standard InChI is InChI=1S/C14H17N3O.ClH/c1-2-13(8-15-7-1)17-12-5-3-11(4-6-12)14-9-16-10-18-14;/h3-6,9-10,13,15,17H,1-2,7-8H2;1H. The predicted octanol–water partition coefficient (Wildman–Crippen LogP) is 2.93. The first-order chi connectivity index (χ1) is 8.92. The van der Waals surface area contributed by atoms with Gasteiger partial charge in [-0.2, -0.15) is 0 Å². The van der Waals surface area contributed by atoms with Crippen molar-refractivity contribution in [3.63, 3.8) is 0 Å². The summed E-state index contributed by atoms with van der Waals surface area (Å²) in [5, 5.41) is 6.95. The summed E-state index contributed by atoms with van der Waals surface area (Å²) in [4.78, 5) is 3.92. The average molecular weight is 280 g/mol. The van der Waals surface area contributed by atoms with Gasteiger partial charge in [-0.1, -0.05) is 0 Å². The van der Waals surface area contributed by atoms with Gasteiger partial charge in [0.1, 0.15) is 0 Å². The van der Waals surface area contributed by atoms with Gasteiger partial charge in [-0.3, -0.25) is 0 Å². The van der Waals surface area contributed by atoms with Gasteiger partial charge in [0.15, 0.2) is 12.2 Å². The Hall–Kier alpha value is -1.52. The number of halogens is 1. The maximum atomic E-state index is 5.27. The topological polar surface area (TPSA) is 50.1 Å². The van der Waals surface area contributed by atoms with Gasteiger partial charge in [-0.15, -0.1) is 12.4 Å². The minimum atomic E-state index is 0. The fraction of sp³-hybridized carbons (Fsp3) is 0.357. The zero-order valence-electron chi connectivity index (χ0n) is 10.6. The molecule has 0 amide bonds. The Morgan fingerprint density at radius 3 is 2.74 bits per heavy atom.